The lowest BCUT2D eigenvalue weighted by Crippen LogP contribution is -2.20. The van der Waals surface area contributed by atoms with Gasteiger partial charge in [0, 0.05) is 10.2 Å². The highest BCUT2D eigenvalue weighted by Crippen LogP contribution is 2.19. The van der Waals surface area contributed by atoms with E-state index in [0.717, 1.165) is 22.3 Å². The summed E-state index contributed by atoms with van der Waals surface area (Å²) in [5, 5.41) is 3.34. The lowest BCUT2D eigenvalue weighted by Gasteiger charge is -2.16. The van der Waals surface area contributed by atoms with Crippen molar-refractivity contribution in [2.45, 2.75) is 19.4 Å². The van der Waals surface area contributed by atoms with Gasteiger partial charge in [-0.2, -0.15) is 0 Å². The number of rotatable bonds is 4. The molecular weight excluding hydrogens is 288 g/mol. The first-order valence-electron chi connectivity index (χ1n) is 6.04. The second-order valence-corrected chi connectivity index (χ2v) is 5.29. The number of halogens is 1. The van der Waals surface area contributed by atoms with Gasteiger partial charge >= 0.3 is 0 Å². The molecule has 0 saturated heterocycles. The predicted molar refractivity (Wildman–Crippen MR) is 78.6 cm³/mol. The van der Waals surface area contributed by atoms with Crippen LogP contribution in [0.4, 0.5) is 0 Å². The molecule has 2 nitrogen and oxygen atoms in total. The number of aromatic nitrogens is 1. The van der Waals surface area contributed by atoms with E-state index < -0.39 is 0 Å². The Labute approximate surface area is 117 Å². The van der Waals surface area contributed by atoms with Crippen LogP contribution < -0.4 is 5.32 Å². The lowest BCUT2D eigenvalue weighted by molar-refractivity contribution is 0.574. The number of pyridine rings is 1. The summed E-state index contributed by atoms with van der Waals surface area (Å²) >= 11 is 3.51. The van der Waals surface area contributed by atoms with Crippen LogP contribution in [0.25, 0.3) is 0 Å². The van der Waals surface area contributed by atoms with Crippen molar-refractivity contribution in [3.05, 3.63) is 63.9 Å². The summed E-state index contributed by atoms with van der Waals surface area (Å²) < 4.78 is 1.12. The summed E-state index contributed by atoms with van der Waals surface area (Å²) in [5.74, 6) is 0. The highest BCUT2D eigenvalue weighted by Gasteiger charge is 2.11. The SMILES string of the molecule is CNC(Cc1cccc(Br)c1)c1cccc(C)n1. The lowest BCUT2D eigenvalue weighted by atomic mass is 10.0. The van der Waals surface area contributed by atoms with Gasteiger partial charge in [0.05, 0.1) is 11.7 Å². The number of nitrogens with zero attached hydrogens (tertiary/aromatic N) is 1. The quantitative estimate of drug-likeness (QED) is 0.932. The zero-order valence-electron chi connectivity index (χ0n) is 10.7. The van der Waals surface area contributed by atoms with E-state index in [1.807, 2.05) is 26.1 Å². The van der Waals surface area contributed by atoms with E-state index in [9.17, 15) is 0 Å². The maximum Gasteiger partial charge on any atom is 0.0579 e. The van der Waals surface area contributed by atoms with Crippen LogP contribution in [0.2, 0.25) is 0 Å². The zero-order valence-corrected chi connectivity index (χ0v) is 12.2. The van der Waals surface area contributed by atoms with Crippen molar-refractivity contribution in [1.82, 2.24) is 10.3 Å². The number of likely N-dealkylation sites (N-methyl/N-ethyl adjacent to an activating group) is 1. The third-order valence-corrected chi connectivity index (χ3v) is 3.44. The Bertz CT molecular complexity index is 525. The van der Waals surface area contributed by atoms with Crippen molar-refractivity contribution in [3.8, 4) is 0 Å². The number of benzene rings is 1. The van der Waals surface area contributed by atoms with Crippen molar-refractivity contribution < 1.29 is 0 Å². The van der Waals surface area contributed by atoms with Gasteiger partial charge in [-0.25, -0.2) is 0 Å². The molecule has 0 amide bonds. The Hall–Kier alpha value is -1.19. The van der Waals surface area contributed by atoms with Crippen molar-refractivity contribution in [2.75, 3.05) is 7.05 Å². The van der Waals surface area contributed by atoms with E-state index in [1.165, 1.54) is 5.56 Å². The van der Waals surface area contributed by atoms with Gasteiger partial charge < -0.3 is 5.32 Å². The third-order valence-electron chi connectivity index (χ3n) is 2.94. The fourth-order valence-electron chi connectivity index (χ4n) is 2.01. The van der Waals surface area contributed by atoms with E-state index >= 15 is 0 Å². The van der Waals surface area contributed by atoms with E-state index in [2.05, 4.69) is 56.6 Å². The molecule has 18 heavy (non-hydrogen) atoms. The van der Waals surface area contributed by atoms with Gasteiger partial charge in [0.2, 0.25) is 0 Å². The fraction of sp³-hybridized carbons (Fsp3) is 0.267. The number of aryl methyl sites for hydroxylation is 1. The normalized spacial score (nSPS) is 12.4. The Morgan fingerprint density at radius 2 is 2.00 bits per heavy atom. The first-order chi connectivity index (χ1) is 8.69. The first-order valence-corrected chi connectivity index (χ1v) is 6.83. The minimum atomic E-state index is 0.249. The highest BCUT2D eigenvalue weighted by atomic mass is 79.9. The Morgan fingerprint density at radius 1 is 1.22 bits per heavy atom. The number of hydrogen-bond donors (Lipinski definition) is 1. The van der Waals surface area contributed by atoms with Crippen molar-refractivity contribution in [2.24, 2.45) is 0 Å². The number of nitrogens with one attached hydrogen (secondary N) is 1. The molecule has 2 rings (SSSR count). The molecule has 0 spiro atoms. The predicted octanol–water partition coefficient (Wildman–Crippen LogP) is 3.66. The molecule has 94 valence electrons. The van der Waals surface area contributed by atoms with Gasteiger partial charge in [0.1, 0.15) is 0 Å². The van der Waals surface area contributed by atoms with E-state index in [-0.39, 0.29) is 6.04 Å². The Balaban J connectivity index is 2.19. The molecule has 1 unspecified atom stereocenters. The Kier molecular flexibility index (Phi) is 4.50. The number of hydrogen-bond acceptors (Lipinski definition) is 2. The van der Waals surface area contributed by atoms with E-state index in [1.54, 1.807) is 0 Å². The molecule has 1 heterocycles. The van der Waals surface area contributed by atoms with Crippen LogP contribution in [0, 0.1) is 6.92 Å². The molecule has 0 aliphatic carbocycles. The fourth-order valence-corrected chi connectivity index (χ4v) is 2.46. The zero-order chi connectivity index (χ0) is 13.0. The summed E-state index contributed by atoms with van der Waals surface area (Å²) in [6.45, 7) is 2.02. The molecular formula is C15H17BrN2. The molecule has 1 atom stereocenters. The summed E-state index contributed by atoms with van der Waals surface area (Å²) in [6, 6.07) is 14.8. The van der Waals surface area contributed by atoms with Crippen LogP contribution >= 0.6 is 15.9 Å². The maximum atomic E-state index is 4.59. The van der Waals surface area contributed by atoms with Gasteiger partial charge in [0.15, 0.2) is 0 Å². The molecule has 1 aromatic carbocycles. The maximum absolute atomic E-state index is 4.59. The van der Waals surface area contributed by atoms with Gasteiger partial charge in [-0.3, -0.25) is 4.98 Å². The molecule has 0 aliphatic rings. The van der Waals surface area contributed by atoms with Gasteiger partial charge in [-0.1, -0.05) is 34.1 Å². The average Bonchev–Trinajstić information content (AvgIpc) is 2.36. The molecule has 1 N–H and O–H groups in total. The second kappa shape index (κ2) is 6.12. The van der Waals surface area contributed by atoms with Gasteiger partial charge in [-0.15, -0.1) is 0 Å². The first kappa shape index (κ1) is 13.2. The largest absolute Gasteiger partial charge is 0.311 e. The minimum absolute atomic E-state index is 0.249. The van der Waals surface area contributed by atoms with Gasteiger partial charge in [0.25, 0.3) is 0 Å². The van der Waals surface area contributed by atoms with Crippen LogP contribution in [-0.4, -0.2) is 12.0 Å². The Morgan fingerprint density at radius 3 is 2.67 bits per heavy atom. The van der Waals surface area contributed by atoms with Crippen molar-refractivity contribution in [3.63, 3.8) is 0 Å². The summed E-state index contributed by atoms with van der Waals surface area (Å²) in [6.07, 6.45) is 0.937. The molecule has 0 fully saturated rings. The minimum Gasteiger partial charge on any atom is -0.311 e. The topological polar surface area (TPSA) is 24.9 Å². The van der Waals surface area contributed by atoms with Crippen LogP contribution in [0.5, 0.6) is 0 Å². The molecule has 0 radical (unpaired) electrons. The highest BCUT2D eigenvalue weighted by molar-refractivity contribution is 9.10. The standard InChI is InChI=1S/C15H17BrN2/c1-11-5-3-8-14(18-11)15(17-2)10-12-6-4-7-13(16)9-12/h3-9,15,17H,10H2,1-2H3. The molecule has 0 aliphatic heterocycles. The van der Waals surface area contributed by atoms with Crippen LogP contribution in [0.3, 0.4) is 0 Å². The molecule has 3 heteroatoms. The summed E-state index contributed by atoms with van der Waals surface area (Å²) in [4.78, 5) is 4.59. The monoisotopic (exact) mass is 304 g/mol. The van der Waals surface area contributed by atoms with Crippen LogP contribution in [0.15, 0.2) is 46.9 Å². The van der Waals surface area contributed by atoms with Crippen LogP contribution in [0.1, 0.15) is 23.0 Å². The summed E-state index contributed by atoms with van der Waals surface area (Å²) in [5.41, 5.74) is 3.45. The summed E-state index contributed by atoms with van der Waals surface area (Å²) in [7, 11) is 1.98. The molecule has 1 aromatic heterocycles. The molecule has 0 saturated carbocycles. The van der Waals surface area contributed by atoms with Crippen molar-refractivity contribution in [1.29, 1.82) is 0 Å². The van der Waals surface area contributed by atoms with Crippen LogP contribution in [-0.2, 0) is 6.42 Å². The third kappa shape index (κ3) is 3.40. The average molecular weight is 305 g/mol. The van der Waals surface area contributed by atoms with E-state index in [4.69, 9.17) is 0 Å². The van der Waals surface area contributed by atoms with Gasteiger partial charge in [-0.05, 0) is 50.2 Å². The second-order valence-electron chi connectivity index (χ2n) is 4.38. The van der Waals surface area contributed by atoms with E-state index in [0.29, 0.717) is 0 Å². The molecule has 0 bridgehead atoms. The smallest absolute Gasteiger partial charge is 0.0579 e. The molecule has 2 aromatic rings. The van der Waals surface area contributed by atoms with Crippen molar-refractivity contribution >= 4 is 15.9 Å².